The average Bonchev–Trinajstić information content (AvgIpc) is 3.20. The van der Waals surface area contributed by atoms with Gasteiger partial charge in [-0.1, -0.05) is 43.2 Å². The number of carbonyl (C=O) groups is 2. The van der Waals surface area contributed by atoms with Gasteiger partial charge in [0.2, 0.25) is 11.8 Å². The number of hydrogen-bond acceptors (Lipinski definition) is 6. The summed E-state index contributed by atoms with van der Waals surface area (Å²) >= 11 is 1.34. The number of amides is 2. The second-order valence-corrected chi connectivity index (χ2v) is 7.85. The Balaban J connectivity index is 1.82. The van der Waals surface area contributed by atoms with E-state index < -0.39 is 0 Å². The van der Waals surface area contributed by atoms with Gasteiger partial charge in [-0.25, -0.2) is 0 Å². The van der Waals surface area contributed by atoms with Crippen molar-refractivity contribution in [1.29, 1.82) is 0 Å². The van der Waals surface area contributed by atoms with Gasteiger partial charge in [-0.05, 0) is 25.0 Å². The summed E-state index contributed by atoms with van der Waals surface area (Å²) in [4.78, 5) is 23.4. The first-order chi connectivity index (χ1) is 14.1. The van der Waals surface area contributed by atoms with E-state index >= 15 is 0 Å². The van der Waals surface area contributed by atoms with Crippen LogP contribution in [0.3, 0.4) is 0 Å². The molecule has 0 aliphatic heterocycles. The van der Waals surface area contributed by atoms with Crippen LogP contribution in [0.15, 0.2) is 29.4 Å². The summed E-state index contributed by atoms with van der Waals surface area (Å²) in [6.07, 6.45) is 5.72. The summed E-state index contributed by atoms with van der Waals surface area (Å²) in [6.45, 7) is -0.0301. The van der Waals surface area contributed by atoms with E-state index in [2.05, 4.69) is 25.4 Å². The summed E-state index contributed by atoms with van der Waals surface area (Å²) in [5.41, 5.74) is 0.893. The van der Waals surface area contributed by atoms with Gasteiger partial charge >= 0.3 is 0 Å². The Morgan fingerprint density at radius 3 is 2.66 bits per heavy atom. The Morgan fingerprint density at radius 1 is 1.17 bits per heavy atom. The SMILES string of the molecule is CNC(=O)CNC(=O)CSc1nnc(-c2ccccc2OC)n1C1CCCCC1. The molecular weight excluding hydrogens is 390 g/mol. The van der Waals surface area contributed by atoms with Gasteiger partial charge in [0, 0.05) is 13.1 Å². The molecule has 0 spiro atoms. The maximum Gasteiger partial charge on any atom is 0.239 e. The third-order valence-corrected chi connectivity index (χ3v) is 5.95. The van der Waals surface area contributed by atoms with Crippen molar-refractivity contribution in [2.24, 2.45) is 0 Å². The fourth-order valence-electron chi connectivity index (χ4n) is 3.51. The second-order valence-electron chi connectivity index (χ2n) is 6.91. The minimum atomic E-state index is -0.229. The molecule has 0 unspecified atom stereocenters. The van der Waals surface area contributed by atoms with Crippen LogP contribution in [0.5, 0.6) is 5.75 Å². The normalized spacial score (nSPS) is 14.4. The Kier molecular flexibility index (Phi) is 7.51. The van der Waals surface area contributed by atoms with Crippen molar-refractivity contribution >= 4 is 23.6 Å². The number of carbonyl (C=O) groups excluding carboxylic acids is 2. The topological polar surface area (TPSA) is 98.1 Å². The van der Waals surface area contributed by atoms with E-state index in [1.165, 1.54) is 38.1 Å². The molecule has 1 saturated carbocycles. The number of ether oxygens (including phenoxy) is 1. The molecule has 29 heavy (non-hydrogen) atoms. The van der Waals surface area contributed by atoms with Crippen molar-refractivity contribution in [3.63, 3.8) is 0 Å². The minimum Gasteiger partial charge on any atom is -0.496 e. The molecule has 1 aliphatic carbocycles. The third-order valence-electron chi connectivity index (χ3n) is 5.01. The maximum atomic E-state index is 12.1. The molecule has 1 aromatic carbocycles. The molecule has 0 bridgehead atoms. The second kappa shape index (κ2) is 10.3. The fourth-order valence-corrected chi connectivity index (χ4v) is 4.34. The fraction of sp³-hybridized carbons (Fsp3) is 0.500. The van der Waals surface area contributed by atoms with E-state index in [0.29, 0.717) is 11.2 Å². The van der Waals surface area contributed by atoms with E-state index in [-0.39, 0.29) is 24.1 Å². The number of hydrogen-bond donors (Lipinski definition) is 2. The summed E-state index contributed by atoms with van der Waals surface area (Å²) in [5, 5.41) is 14.6. The lowest BCUT2D eigenvalue weighted by Gasteiger charge is -2.26. The van der Waals surface area contributed by atoms with Crippen LogP contribution in [0.2, 0.25) is 0 Å². The largest absolute Gasteiger partial charge is 0.496 e. The lowest BCUT2D eigenvalue weighted by molar-refractivity contribution is -0.124. The van der Waals surface area contributed by atoms with Crippen LogP contribution in [-0.2, 0) is 9.59 Å². The molecule has 1 fully saturated rings. The van der Waals surface area contributed by atoms with E-state index in [1.54, 1.807) is 7.11 Å². The van der Waals surface area contributed by atoms with Gasteiger partial charge in [-0.2, -0.15) is 0 Å². The number of para-hydroxylation sites is 1. The predicted molar refractivity (Wildman–Crippen MR) is 112 cm³/mol. The molecule has 1 heterocycles. The highest BCUT2D eigenvalue weighted by atomic mass is 32.2. The first-order valence-electron chi connectivity index (χ1n) is 9.82. The number of likely N-dealkylation sites (N-methyl/N-ethyl adjacent to an activating group) is 1. The van der Waals surface area contributed by atoms with Crippen LogP contribution in [0.1, 0.15) is 38.1 Å². The van der Waals surface area contributed by atoms with Gasteiger partial charge in [0.15, 0.2) is 11.0 Å². The highest BCUT2D eigenvalue weighted by Gasteiger charge is 2.25. The highest BCUT2D eigenvalue weighted by Crippen LogP contribution is 2.37. The summed E-state index contributed by atoms with van der Waals surface area (Å²) in [5.74, 6) is 1.25. The van der Waals surface area contributed by atoms with Crippen LogP contribution in [-0.4, -0.2) is 53.0 Å². The molecule has 1 aromatic heterocycles. The van der Waals surface area contributed by atoms with Gasteiger partial charge in [0.05, 0.1) is 25.0 Å². The summed E-state index contributed by atoms with van der Waals surface area (Å²) in [7, 11) is 3.18. The van der Waals surface area contributed by atoms with Crippen molar-refractivity contribution in [2.45, 2.75) is 43.3 Å². The number of benzene rings is 1. The Labute approximate surface area is 174 Å². The maximum absolute atomic E-state index is 12.1. The van der Waals surface area contributed by atoms with Crippen LogP contribution in [0.4, 0.5) is 0 Å². The summed E-state index contributed by atoms with van der Waals surface area (Å²) < 4.78 is 7.69. The van der Waals surface area contributed by atoms with E-state index in [4.69, 9.17) is 4.74 Å². The zero-order valence-electron chi connectivity index (χ0n) is 16.8. The number of rotatable bonds is 8. The standard InChI is InChI=1S/C20H27N5O3S/c1-21-17(26)12-22-18(27)13-29-20-24-23-19(15-10-6-7-11-16(15)28-2)25(20)14-8-4-3-5-9-14/h6-7,10-11,14H,3-5,8-9,12-13H2,1-2H3,(H,21,26)(H,22,27). The van der Waals surface area contributed by atoms with Crippen LogP contribution < -0.4 is 15.4 Å². The zero-order chi connectivity index (χ0) is 20.6. The Morgan fingerprint density at radius 2 is 1.93 bits per heavy atom. The molecule has 9 heteroatoms. The molecule has 2 amide bonds. The van der Waals surface area contributed by atoms with E-state index in [1.807, 2.05) is 24.3 Å². The smallest absolute Gasteiger partial charge is 0.239 e. The van der Waals surface area contributed by atoms with Gasteiger partial charge in [0.1, 0.15) is 5.75 Å². The first kappa shape index (κ1) is 21.2. The Hall–Kier alpha value is -2.55. The number of aromatic nitrogens is 3. The molecule has 0 radical (unpaired) electrons. The first-order valence-corrected chi connectivity index (χ1v) is 10.8. The van der Waals surface area contributed by atoms with Crippen molar-refractivity contribution in [3.8, 4) is 17.1 Å². The van der Waals surface area contributed by atoms with E-state index in [9.17, 15) is 9.59 Å². The number of nitrogens with one attached hydrogen (secondary N) is 2. The molecule has 8 nitrogen and oxygen atoms in total. The molecule has 2 N–H and O–H groups in total. The minimum absolute atomic E-state index is 0.0301. The van der Waals surface area contributed by atoms with Crippen LogP contribution >= 0.6 is 11.8 Å². The van der Waals surface area contributed by atoms with Crippen molar-refractivity contribution < 1.29 is 14.3 Å². The summed E-state index contributed by atoms with van der Waals surface area (Å²) in [6, 6.07) is 8.07. The lowest BCUT2D eigenvalue weighted by Crippen LogP contribution is -2.36. The van der Waals surface area contributed by atoms with Crippen molar-refractivity contribution in [2.75, 3.05) is 26.5 Å². The molecule has 3 rings (SSSR count). The molecule has 0 saturated heterocycles. The molecule has 0 atom stereocenters. The van der Waals surface area contributed by atoms with Crippen molar-refractivity contribution in [3.05, 3.63) is 24.3 Å². The third kappa shape index (κ3) is 5.29. The van der Waals surface area contributed by atoms with Gasteiger partial charge in [0.25, 0.3) is 0 Å². The van der Waals surface area contributed by atoms with E-state index in [0.717, 1.165) is 30.0 Å². The highest BCUT2D eigenvalue weighted by molar-refractivity contribution is 7.99. The zero-order valence-corrected chi connectivity index (χ0v) is 17.6. The lowest BCUT2D eigenvalue weighted by atomic mass is 9.95. The quantitative estimate of drug-likeness (QED) is 0.640. The monoisotopic (exact) mass is 417 g/mol. The van der Waals surface area contributed by atoms with Crippen LogP contribution in [0, 0.1) is 0 Å². The van der Waals surface area contributed by atoms with Crippen molar-refractivity contribution in [1.82, 2.24) is 25.4 Å². The average molecular weight is 418 g/mol. The van der Waals surface area contributed by atoms with Gasteiger partial charge < -0.3 is 15.4 Å². The molecule has 2 aromatic rings. The van der Waals surface area contributed by atoms with Gasteiger partial charge in [-0.3, -0.25) is 14.2 Å². The number of nitrogens with zero attached hydrogens (tertiary/aromatic N) is 3. The van der Waals surface area contributed by atoms with Crippen LogP contribution in [0.25, 0.3) is 11.4 Å². The Bertz CT molecular complexity index is 848. The molecular formula is C20H27N5O3S. The predicted octanol–water partition coefficient (Wildman–Crippen LogP) is 2.41. The van der Waals surface area contributed by atoms with Gasteiger partial charge in [-0.15, -0.1) is 10.2 Å². The number of methoxy groups -OCH3 is 1. The number of thioether (sulfide) groups is 1. The molecule has 1 aliphatic rings. The molecule has 156 valence electrons.